The first-order valence-electron chi connectivity index (χ1n) is 10.3. The highest BCUT2D eigenvalue weighted by atomic mass is 35.5. The first kappa shape index (κ1) is 25.7. The molecule has 4 N–H and O–H groups in total. The number of hydrogen-bond donors (Lipinski definition) is 3. The highest BCUT2D eigenvalue weighted by molar-refractivity contribution is 6.30. The maximum Gasteiger partial charge on any atom is 0.338 e. The zero-order valence-corrected chi connectivity index (χ0v) is 18.9. The van der Waals surface area contributed by atoms with Gasteiger partial charge < -0.3 is 25.8 Å². The van der Waals surface area contributed by atoms with E-state index in [4.69, 9.17) is 26.8 Å². The molecule has 0 aromatic heterocycles. The van der Waals surface area contributed by atoms with Gasteiger partial charge in [0.25, 0.3) is 5.91 Å². The van der Waals surface area contributed by atoms with E-state index in [1.165, 1.54) is 12.1 Å². The topological polar surface area (TPSA) is 137 Å². The van der Waals surface area contributed by atoms with Crippen molar-refractivity contribution in [3.63, 3.8) is 0 Å². The van der Waals surface area contributed by atoms with Gasteiger partial charge in [-0.1, -0.05) is 37.1 Å². The molecule has 3 amide bonds. The lowest BCUT2D eigenvalue weighted by atomic mass is 10.0. The van der Waals surface area contributed by atoms with Gasteiger partial charge in [-0.3, -0.25) is 9.59 Å². The second-order valence-electron chi connectivity index (χ2n) is 7.09. The molecule has 1 unspecified atom stereocenters. The number of carbonyl (C=O) groups is 4. The Balaban J connectivity index is 1.84. The molecule has 0 heterocycles. The molecule has 0 aliphatic carbocycles. The summed E-state index contributed by atoms with van der Waals surface area (Å²) < 4.78 is 10.1. The highest BCUT2D eigenvalue weighted by Gasteiger charge is 2.19. The van der Waals surface area contributed by atoms with Crippen LogP contribution in [0.3, 0.4) is 0 Å². The van der Waals surface area contributed by atoms with E-state index in [0.717, 1.165) is 12.8 Å². The third-order valence-electron chi connectivity index (χ3n) is 4.46. The number of hydrogen-bond acceptors (Lipinski definition) is 6. The van der Waals surface area contributed by atoms with E-state index in [1.807, 2.05) is 6.92 Å². The van der Waals surface area contributed by atoms with Gasteiger partial charge in [0.15, 0.2) is 6.61 Å². The van der Waals surface area contributed by atoms with Crippen LogP contribution in [0.5, 0.6) is 0 Å². The van der Waals surface area contributed by atoms with E-state index < -0.39 is 36.5 Å². The molecule has 0 aliphatic heterocycles. The molecular weight excluding hydrogens is 450 g/mol. The first-order chi connectivity index (χ1) is 15.8. The Morgan fingerprint density at radius 1 is 1.00 bits per heavy atom. The van der Waals surface area contributed by atoms with Gasteiger partial charge in [-0.2, -0.15) is 0 Å². The Hall–Kier alpha value is -3.59. The summed E-state index contributed by atoms with van der Waals surface area (Å²) in [5.41, 5.74) is 6.58. The average Bonchev–Trinajstić information content (AvgIpc) is 2.78. The maximum atomic E-state index is 12.2. The second kappa shape index (κ2) is 13.1. The van der Waals surface area contributed by atoms with Crippen LogP contribution in [0.1, 0.15) is 48.1 Å². The van der Waals surface area contributed by atoms with E-state index in [0.29, 0.717) is 28.4 Å². The number of urea groups is 1. The Bertz CT molecular complexity index is 963. The molecule has 0 saturated heterocycles. The van der Waals surface area contributed by atoms with Crippen molar-refractivity contribution in [3.05, 3.63) is 64.7 Å². The van der Waals surface area contributed by atoms with Crippen molar-refractivity contribution in [2.45, 2.75) is 32.2 Å². The molecule has 33 heavy (non-hydrogen) atoms. The minimum absolute atomic E-state index is 0.229. The van der Waals surface area contributed by atoms with E-state index in [2.05, 4.69) is 10.6 Å². The molecule has 2 aromatic rings. The summed E-state index contributed by atoms with van der Waals surface area (Å²) in [5, 5.41) is 5.52. The van der Waals surface area contributed by atoms with E-state index in [9.17, 15) is 19.2 Å². The third-order valence-corrected chi connectivity index (χ3v) is 4.71. The van der Waals surface area contributed by atoms with Crippen molar-refractivity contribution in [1.29, 1.82) is 0 Å². The third kappa shape index (κ3) is 9.20. The van der Waals surface area contributed by atoms with Crippen molar-refractivity contribution < 1.29 is 28.7 Å². The molecule has 0 aliphatic rings. The Labute approximate surface area is 196 Å². The normalized spacial score (nSPS) is 11.2. The van der Waals surface area contributed by atoms with Crippen LogP contribution < -0.4 is 16.4 Å². The Morgan fingerprint density at radius 2 is 1.67 bits per heavy atom. The number of primary amides is 1. The molecule has 9 nitrogen and oxygen atoms in total. The molecule has 0 fully saturated rings. The summed E-state index contributed by atoms with van der Waals surface area (Å²) in [4.78, 5) is 47.5. The largest absolute Gasteiger partial charge is 0.462 e. The van der Waals surface area contributed by atoms with Gasteiger partial charge in [-0.15, -0.1) is 0 Å². The number of ether oxygens (including phenoxy) is 2. The van der Waals surface area contributed by atoms with Crippen LogP contribution in [0, 0.1) is 0 Å². The van der Waals surface area contributed by atoms with Gasteiger partial charge in [0.1, 0.15) is 0 Å². The Kier molecular flexibility index (Phi) is 10.2. The molecule has 176 valence electrons. The SMILES string of the molecule is CCCCOC(=O)c1ccc(NC(=O)COC(=O)CC(NC(N)=O)c2ccc(Cl)cc2)cc1. The number of nitrogens with one attached hydrogen (secondary N) is 2. The zero-order chi connectivity index (χ0) is 24.2. The number of nitrogens with two attached hydrogens (primary N) is 1. The van der Waals surface area contributed by atoms with Gasteiger partial charge >= 0.3 is 18.0 Å². The van der Waals surface area contributed by atoms with Crippen LogP contribution in [0.15, 0.2) is 48.5 Å². The van der Waals surface area contributed by atoms with E-state index in [-0.39, 0.29) is 6.42 Å². The fraction of sp³-hybridized carbons (Fsp3) is 0.304. The van der Waals surface area contributed by atoms with Gasteiger partial charge in [-0.25, -0.2) is 9.59 Å². The molecule has 1 atom stereocenters. The smallest absolute Gasteiger partial charge is 0.338 e. The minimum Gasteiger partial charge on any atom is -0.462 e. The van der Waals surface area contributed by atoms with Crippen molar-refractivity contribution in [3.8, 4) is 0 Å². The summed E-state index contributed by atoms with van der Waals surface area (Å²) in [6, 6.07) is 11.1. The molecule has 2 aromatic carbocycles. The number of halogens is 1. The maximum absolute atomic E-state index is 12.2. The standard InChI is InChI=1S/C23H26ClN3O6/c1-2-3-12-32-22(30)16-6-10-18(11-7-16)26-20(28)14-33-21(29)13-19(27-23(25)31)15-4-8-17(24)9-5-15/h4-11,19H,2-3,12-14H2,1H3,(H,26,28)(H3,25,27,31). The van der Waals surface area contributed by atoms with Crippen LogP contribution in [-0.4, -0.2) is 37.1 Å². The minimum atomic E-state index is -0.807. The monoisotopic (exact) mass is 475 g/mol. The summed E-state index contributed by atoms with van der Waals surface area (Å²) in [6.45, 7) is 1.83. The lowest BCUT2D eigenvalue weighted by Crippen LogP contribution is -2.35. The summed E-state index contributed by atoms with van der Waals surface area (Å²) >= 11 is 5.86. The molecule has 0 bridgehead atoms. The lowest BCUT2D eigenvalue weighted by molar-refractivity contribution is -0.147. The number of rotatable bonds is 11. The molecule has 0 saturated carbocycles. The quantitative estimate of drug-likeness (QED) is 0.335. The first-order valence-corrected chi connectivity index (χ1v) is 10.7. The van der Waals surface area contributed by atoms with Gasteiger partial charge in [0, 0.05) is 10.7 Å². The molecule has 0 spiro atoms. The van der Waals surface area contributed by atoms with Crippen LogP contribution in [0.4, 0.5) is 10.5 Å². The fourth-order valence-electron chi connectivity index (χ4n) is 2.77. The van der Waals surface area contributed by atoms with E-state index in [1.54, 1.807) is 36.4 Å². The number of carbonyl (C=O) groups excluding carboxylic acids is 4. The lowest BCUT2D eigenvalue weighted by Gasteiger charge is -2.17. The number of amides is 3. The molecule has 0 radical (unpaired) electrons. The van der Waals surface area contributed by atoms with Gasteiger partial charge in [-0.05, 0) is 48.4 Å². The van der Waals surface area contributed by atoms with Gasteiger partial charge in [0.2, 0.25) is 0 Å². The van der Waals surface area contributed by atoms with Crippen LogP contribution in [0.25, 0.3) is 0 Å². The highest BCUT2D eigenvalue weighted by Crippen LogP contribution is 2.20. The molecular formula is C23H26ClN3O6. The van der Waals surface area contributed by atoms with Crippen molar-refractivity contribution in [1.82, 2.24) is 5.32 Å². The fourth-order valence-corrected chi connectivity index (χ4v) is 2.90. The van der Waals surface area contributed by atoms with Crippen LogP contribution in [-0.2, 0) is 19.1 Å². The van der Waals surface area contributed by atoms with Crippen molar-refractivity contribution >= 4 is 41.2 Å². The van der Waals surface area contributed by atoms with Crippen molar-refractivity contribution in [2.75, 3.05) is 18.5 Å². The average molecular weight is 476 g/mol. The molecule has 2 rings (SSSR count). The molecule has 10 heteroatoms. The van der Waals surface area contributed by atoms with Crippen LogP contribution in [0.2, 0.25) is 5.02 Å². The van der Waals surface area contributed by atoms with Crippen molar-refractivity contribution in [2.24, 2.45) is 5.73 Å². The van der Waals surface area contributed by atoms with Gasteiger partial charge in [0.05, 0.1) is 24.6 Å². The predicted octanol–water partition coefficient (Wildman–Crippen LogP) is 3.58. The summed E-state index contributed by atoms with van der Waals surface area (Å²) in [6.07, 6.45) is 1.48. The number of unbranched alkanes of at least 4 members (excludes halogenated alkanes) is 1. The summed E-state index contributed by atoms with van der Waals surface area (Å²) in [7, 11) is 0. The summed E-state index contributed by atoms with van der Waals surface area (Å²) in [5.74, 6) is -1.70. The number of benzene rings is 2. The second-order valence-corrected chi connectivity index (χ2v) is 7.53. The Morgan fingerprint density at radius 3 is 2.27 bits per heavy atom. The predicted molar refractivity (Wildman–Crippen MR) is 123 cm³/mol. The number of anilines is 1. The zero-order valence-electron chi connectivity index (χ0n) is 18.1. The number of esters is 2. The van der Waals surface area contributed by atoms with Crippen LogP contribution >= 0.6 is 11.6 Å². The van der Waals surface area contributed by atoms with E-state index >= 15 is 0 Å².